The first kappa shape index (κ1) is 15.5. The van der Waals surface area contributed by atoms with Gasteiger partial charge in [0, 0.05) is 36.5 Å². The van der Waals surface area contributed by atoms with E-state index < -0.39 is 18.5 Å². The Kier molecular flexibility index (Phi) is 4.08. The van der Waals surface area contributed by atoms with E-state index in [4.69, 9.17) is 0 Å². The maximum absolute atomic E-state index is 12.6. The minimum atomic E-state index is -4.34. The Hall–Kier alpha value is -2.35. The van der Waals surface area contributed by atoms with Gasteiger partial charge in [0.2, 0.25) is 0 Å². The lowest BCUT2D eigenvalue weighted by Crippen LogP contribution is -2.25. The molecule has 1 aliphatic heterocycles. The highest BCUT2D eigenvalue weighted by atomic mass is 19.4. The van der Waals surface area contributed by atoms with Crippen molar-refractivity contribution in [1.82, 2.24) is 15.5 Å². The first-order chi connectivity index (χ1) is 10.9. The van der Waals surface area contributed by atoms with Crippen LogP contribution in [0, 0.1) is 0 Å². The van der Waals surface area contributed by atoms with Crippen LogP contribution >= 0.6 is 0 Å². The number of aromatic nitrogens is 2. The second-order valence-electron chi connectivity index (χ2n) is 5.36. The molecule has 5 nitrogen and oxygen atoms in total. The average molecular weight is 324 g/mol. The number of carbonyl (C=O) groups excluding carboxylic acids is 1. The summed E-state index contributed by atoms with van der Waals surface area (Å²) in [4.78, 5) is 12.4. The van der Waals surface area contributed by atoms with Crippen LogP contribution < -0.4 is 10.6 Å². The molecule has 0 radical (unpaired) electrons. The third kappa shape index (κ3) is 3.53. The molecule has 3 rings (SSSR count). The van der Waals surface area contributed by atoms with Crippen molar-refractivity contribution < 1.29 is 18.0 Å². The monoisotopic (exact) mass is 324 g/mol. The van der Waals surface area contributed by atoms with E-state index in [1.54, 1.807) is 6.07 Å². The van der Waals surface area contributed by atoms with Crippen LogP contribution in [0.1, 0.15) is 27.3 Å². The molecule has 0 atom stereocenters. The second kappa shape index (κ2) is 6.04. The zero-order chi connectivity index (χ0) is 16.4. The molecule has 0 bridgehead atoms. The van der Waals surface area contributed by atoms with Crippen molar-refractivity contribution in [3.63, 3.8) is 0 Å². The summed E-state index contributed by atoms with van der Waals surface area (Å²) in [7, 11) is 0. The molecule has 0 fully saturated rings. The quantitative estimate of drug-likeness (QED) is 0.812. The summed E-state index contributed by atoms with van der Waals surface area (Å²) < 4.78 is 37.9. The van der Waals surface area contributed by atoms with Crippen molar-refractivity contribution in [2.45, 2.75) is 25.6 Å². The predicted molar refractivity (Wildman–Crippen MR) is 78.2 cm³/mol. The minimum Gasteiger partial charge on any atom is -0.320 e. The number of aromatic amines is 1. The number of nitrogens with one attached hydrogen (secondary N) is 3. The van der Waals surface area contributed by atoms with Gasteiger partial charge in [0.25, 0.3) is 5.91 Å². The number of fused-ring (bicyclic) bond motifs is 1. The van der Waals surface area contributed by atoms with Gasteiger partial charge in [0.15, 0.2) is 5.69 Å². The van der Waals surface area contributed by atoms with Crippen molar-refractivity contribution in [2.75, 3.05) is 11.9 Å². The summed E-state index contributed by atoms with van der Waals surface area (Å²) in [5.74, 6) is -0.513. The second-order valence-corrected chi connectivity index (χ2v) is 5.36. The van der Waals surface area contributed by atoms with Gasteiger partial charge in [-0.2, -0.15) is 18.3 Å². The van der Waals surface area contributed by atoms with E-state index in [2.05, 4.69) is 20.8 Å². The summed E-state index contributed by atoms with van der Waals surface area (Å²) in [5, 5.41) is 12.5. The number of nitrogens with zero attached hydrogens (tertiary/aromatic N) is 1. The first-order valence-electron chi connectivity index (χ1n) is 7.17. The summed E-state index contributed by atoms with van der Waals surface area (Å²) in [6, 6.07) is 5.90. The molecule has 0 aliphatic carbocycles. The third-order valence-corrected chi connectivity index (χ3v) is 3.68. The van der Waals surface area contributed by atoms with E-state index in [9.17, 15) is 18.0 Å². The largest absolute Gasteiger partial charge is 0.393 e. The van der Waals surface area contributed by atoms with E-state index >= 15 is 0 Å². The van der Waals surface area contributed by atoms with Crippen molar-refractivity contribution >= 4 is 11.6 Å². The van der Waals surface area contributed by atoms with Gasteiger partial charge in [-0.1, -0.05) is 18.2 Å². The van der Waals surface area contributed by atoms with Gasteiger partial charge in [-0.05, 0) is 11.6 Å². The van der Waals surface area contributed by atoms with E-state index in [-0.39, 0.29) is 16.9 Å². The van der Waals surface area contributed by atoms with Crippen LogP contribution in [0.2, 0.25) is 0 Å². The SMILES string of the molecule is O=C(Nc1ccccc1CC(F)(F)F)c1n[nH]c2c1CNCC2. The zero-order valence-corrected chi connectivity index (χ0v) is 12.1. The van der Waals surface area contributed by atoms with Crippen molar-refractivity contribution in [3.8, 4) is 0 Å². The molecule has 8 heteroatoms. The molecule has 1 amide bonds. The number of hydrogen-bond donors (Lipinski definition) is 3. The molecule has 2 heterocycles. The van der Waals surface area contributed by atoms with Crippen LogP contribution in [-0.2, 0) is 19.4 Å². The Labute approximate surface area is 130 Å². The average Bonchev–Trinajstić information content (AvgIpc) is 2.92. The molecule has 122 valence electrons. The van der Waals surface area contributed by atoms with Gasteiger partial charge < -0.3 is 10.6 Å². The molecular formula is C15H15F3N4O. The Morgan fingerprint density at radius 1 is 1.30 bits per heavy atom. The molecule has 3 N–H and O–H groups in total. The van der Waals surface area contributed by atoms with Crippen LogP contribution in [0.25, 0.3) is 0 Å². The Balaban J connectivity index is 1.82. The van der Waals surface area contributed by atoms with Gasteiger partial charge >= 0.3 is 6.18 Å². The Morgan fingerprint density at radius 2 is 2.09 bits per heavy atom. The molecule has 1 aromatic carbocycles. The number of rotatable bonds is 3. The molecular weight excluding hydrogens is 309 g/mol. The van der Waals surface area contributed by atoms with Crippen molar-refractivity contribution in [1.29, 1.82) is 0 Å². The maximum atomic E-state index is 12.6. The number of para-hydroxylation sites is 1. The van der Waals surface area contributed by atoms with Gasteiger partial charge in [-0.3, -0.25) is 9.89 Å². The summed E-state index contributed by atoms with van der Waals surface area (Å²) in [6.45, 7) is 1.31. The lowest BCUT2D eigenvalue weighted by Gasteiger charge is -2.14. The van der Waals surface area contributed by atoms with Crippen molar-refractivity contribution in [3.05, 3.63) is 46.8 Å². The number of carbonyl (C=O) groups is 1. The lowest BCUT2D eigenvalue weighted by atomic mass is 10.1. The maximum Gasteiger partial charge on any atom is 0.393 e. The summed E-state index contributed by atoms with van der Waals surface area (Å²) >= 11 is 0. The standard InChI is InChI=1S/C15H15F3N4O/c16-15(17,18)7-9-3-1-2-4-11(9)20-14(23)13-10-8-19-6-5-12(10)21-22-13/h1-4,19H,5-8H2,(H,20,23)(H,21,22). The van der Waals surface area contributed by atoms with Gasteiger partial charge in [0.05, 0.1) is 6.42 Å². The molecule has 0 saturated heterocycles. The normalized spacial score (nSPS) is 14.4. The fraction of sp³-hybridized carbons (Fsp3) is 0.333. The summed E-state index contributed by atoms with van der Waals surface area (Å²) in [5.41, 5.74) is 2.04. The number of halogens is 3. The Bertz CT molecular complexity index is 724. The number of amides is 1. The molecule has 0 spiro atoms. The highest BCUT2D eigenvalue weighted by Crippen LogP contribution is 2.26. The first-order valence-corrected chi connectivity index (χ1v) is 7.17. The highest BCUT2D eigenvalue weighted by molar-refractivity contribution is 6.04. The molecule has 1 aromatic heterocycles. The van der Waals surface area contributed by atoms with Gasteiger partial charge in [-0.15, -0.1) is 0 Å². The predicted octanol–water partition coefficient (Wildman–Crippen LogP) is 2.41. The fourth-order valence-corrected chi connectivity index (χ4v) is 2.61. The third-order valence-electron chi connectivity index (χ3n) is 3.68. The number of benzene rings is 1. The minimum absolute atomic E-state index is 0.0240. The molecule has 0 saturated carbocycles. The molecule has 0 unspecified atom stereocenters. The van der Waals surface area contributed by atoms with E-state index in [1.165, 1.54) is 18.2 Å². The number of hydrogen-bond acceptors (Lipinski definition) is 3. The lowest BCUT2D eigenvalue weighted by molar-refractivity contribution is -0.127. The smallest absolute Gasteiger partial charge is 0.320 e. The zero-order valence-electron chi connectivity index (χ0n) is 12.1. The summed E-state index contributed by atoms with van der Waals surface area (Å²) in [6.07, 6.45) is -4.69. The number of H-pyrrole nitrogens is 1. The van der Waals surface area contributed by atoms with E-state index in [0.717, 1.165) is 24.2 Å². The van der Waals surface area contributed by atoms with Crippen LogP contribution in [0.5, 0.6) is 0 Å². The molecule has 23 heavy (non-hydrogen) atoms. The Morgan fingerprint density at radius 3 is 2.87 bits per heavy atom. The van der Waals surface area contributed by atoms with Crippen LogP contribution in [0.4, 0.5) is 18.9 Å². The van der Waals surface area contributed by atoms with Crippen molar-refractivity contribution in [2.24, 2.45) is 0 Å². The topological polar surface area (TPSA) is 69.8 Å². The molecule has 2 aromatic rings. The van der Waals surface area contributed by atoms with Gasteiger partial charge in [-0.25, -0.2) is 0 Å². The number of anilines is 1. The van der Waals surface area contributed by atoms with Gasteiger partial charge in [0.1, 0.15) is 0 Å². The van der Waals surface area contributed by atoms with Crippen LogP contribution in [0.15, 0.2) is 24.3 Å². The molecule has 1 aliphatic rings. The number of alkyl halides is 3. The fourth-order valence-electron chi connectivity index (χ4n) is 2.61. The highest BCUT2D eigenvalue weighted by Gasteiger charge is 2.29. The van der Waals surface area contributed by atoms with E-state index in [0.29, 0.717) is 6.54 Å². The van der Waals surface area contributed by atoms with Crippen LogP contribution in [-0.4, -0.2) is 28.8 Å². The van der Waals surface area contributed by atoms with E-state index in [1.807, 2.05) is 0 Å². The van der Waals surface area contributed by atoms with Crippen LogP contribution in [0.3, 0.4) is 0 Å².